The van der Waals surface area contributed by atoms with Crippen LogP contribution in [0.1, 0.15) is 46.9 Å². The first-order chi connectivity index (χ1) is 8.50. The molecule has 2 N–H and O–H groups in total. The smallest absolute Gasteiger partial charge is 0.273 e. The molecule has 1 aromatic heterocycles. The average Bonchev–Trinajstić information content (AvgIpc) is 2.55. The molecule has 0 unspecified atom stereocenters. The van der Waals surface area contributed by atoms with Gasteiger partial charge in [-0.15, -0.1) is 10.2 Å². The molecule has 1 aromatic rings. The first kappa shape index (κ1) is 16.1. The Hall–Kier alpha value is -0.950. The zero-order valence-electron chi connectivity index (χ0n) is 12.3. The summed E-state index contributed by atoms with van der Waals surface area (Å²) in [5.74, 6) is 0.984. The number of nitrogens with two attached hydrogens (primary N) is 1. The normalized spacial score (nSPS) is 13.2. The second kappa shape index (κ2) is 5.58. The van der Waals surface area contributed by atoms with Crippen molar-refractivity contribution in [2.45, 2.75) is 59.2 Å². The minimum absolute atomic E-state index is 0.134. The Bertz CT molecular complexity index is 526. The number of primary sulfonamides is 1. The van der Waals surface area contributed by atoms with Crippen LogP contribution in [0.4, 0.5) is 0 Å². The molecule has 0 atom stereocenters. The predicted octanol–water partition coefficient (Wildman–Crippen LogP) is 1.56. The minimum Gasteiger partial charge on any atom is -0.300 e. The van der Waals surface area contributed by atoms with E-state index in [4.69, 9.17) is 5.14 Å². The Labute approximate surface area is 115 Å². The third kappa shape index (κ3) is 4.91. The van der Waals surface area contributed by atoms with Crippen molar-refractivity contribution >= 4 is 10.0 Å². The zero-order valence-corrected chi connectivity index (χ0v) is 13.2. The van der Waals surface area contributed by atoms with Crippen molar-refractivity contribution in [1.29, 1.82) is 0 Å². The summed E-state index contributed by atoms with van der Waals surface area (Å²) in [6, 6.07) is 0. The van der Waals surface area contributed by atoms with Gasteiger partial charge >= 0.3 is 0 Å². The minimum atomic E-state index is -3.82. The lowest BCUT2D eigenvalue weighted by Gasteiger charge is -2.18. The summed E-state index contributed by atoms with van der Waals surface area (Å²) >= 11 is 0. The highest BCUT2D eigenvalue weighted by molar-refractivity contribution is 7.89. The maximum Gasteiger partial charge on any atom is 0.273 e. The first-order valence-corrected chi connectivity index (χ1v) is 8.00. The van der Waals surface area contributed by atoms with E-state index >= 15 is 0 Å². The van der Waals surface area contributed by atoms with Crippen LogP contribution in [0.15, 0.2) is 5.16 Å². The highest BCUT2D eigenvalue weighted by Gasteiger charge is 2.22. The standard InChI is InChI=1S/C12H24N4O2S/c1-9(2)8-16-10(6-7-12(3,4)5)14-15-11(16)19(13,17)18/h9H,6-8H2,1-5H3,(H2,13,17,18). The number of rotatable bonds is 5. The van der Waals surface area contributed by atoms with E-state index in [1.54, 1.807) is 4.57 Å². The van der Waals surface area contributed by atoms with Crippen LogP contribution in [0.2, 0.25) is 0 Å². The molecule has 0 bridgehead atoms. The van der Waals surface area contributed by atoms with E-state index in [0.717, 1.165) is 6.42 Å². The van der Waals surface area contributed by atoms with Crippen LogP contribution in [-0.2, 0) is 23.0 Å². The third-order valence-corrected chi connectivity index (χ3v) is 3.51. The van der Waals surface area contributed by atoms with Crippen LogP contribution < -0.4 is 5.14 Å². The van der Waals surface area contributed by atoms with Crippen LogP contribution in [0.5, 0.6) is 0 Å². The van der Waals surface area contributed by atoms with Gasteiger partial charge in [-0.25, -0.2) is 13.6 Å². The van der Waals surface area contributed by atoms with E-state index in [1.807, 2.05) is 13.8 Å². The highest BCUT2D eigenvalue weighted by atomic mass is 32.2. The molecule has 6 nitrogen and oxygen atoms in total. The molecule has 0 aliphatic heterocycles. The molecule has 0 amide bonds. The van der Waals surface area contributed by atoms with Gasteiger partial charge in [0.15, 0.2) is 0 Å². The molecule has 7 heteroatoms. The molecule has 0 aliphatic carbocycles. The molecule has 0 radical (unpaired) electrons. The number of nitrogens with zero attached hydrogens (tertiary/aromatic N) is 3. The number of hydrogen-bond donors (Lipinski definition) is 1. The summed E-state index contributed by atoms with van der Waals surface area (Å²) in [7, 11) is -3.82. The van der Waals surface area contributed by atoms with Crippen LogP contribution in [0.25, 0.3) is 0 Å². The monoisotopic (exact) mass is 288 g/mol. The lowest BCUT2D eigenvalue weighted by molar-refractivity contribution is 0.367. The van der Waals surface area contributed by atoms with E-state index in [-0.39, 0.29) is 10.6 Å². The van der Waals surface area contributed by atoms with Gasteiger partial charge in [-0.05, 0) is 17.8 Å². The molecule has 1 heterocycles. The molecular formula is C12H24N4O2S. The molecular weight excluding hydrogens is 264 g/mol. The molecule has 0 saturated carbocycles. The summed E-state index contributed by atoms with van der Waals surface area (Å²) < 4.78 is 24.6. The average molecular weight is 288 g/mol. The summed E-state index contributed by atoms with van der Waals surface area (Å²) in [5, 5.41) is 12.8. The van der Waals surface area contributed by atoms with Gasteiger partial charge in [-0.3, -0.25) is 0 Å². The third-order valence-electron chi connectivity index (χ3n) is 2.69. The molecule has 0 aliphatic rings. The van der Waals surface area contributed by atoms with E-state index < -0.39 is 10.0 Å². The molecule has 0 fully saturated rings. The Morgan fingerprint density at radius 3 is 2.26 bits per heavy atom. The van der Waals surface area contributed by atoms with E-state index in [0.29, 0.717) is 24.7 Å². The van der Waals surface area contributed by atoms with Crippen LogP contribution in [0, 0.1) is 11.3 Å². The van der Waals surface area contributed by atoms with Crippen molar-refractivity contribution in [3.63, 3.8) is 0 Å². The molecule has 0 saturated heterocycles. The fourth-order valence-electron chi connectivity index (χ4n) is 1.75. The van der Waals surface area contributed by atoms with Crippen LogP contribution in [-0.4, -0.2) is 23.2 Å². The maximum absolute atomic E-state index is 11.5. The van der Waals surface area contributed by atoms with Crippen molar-refractivity contribution in [1.82, 2.24) is 14.8 Å². The summed E-state index contributed by atoms with van der Waals surface area (Å²) in [5.41, 5.74) is 0.163. The fourth-order valence-corrected chi connectivity index (χ4v) is 2.39. The molecule has 19 heavy (non-hydrogen) atoms. The predicted molar refractivity (Wildman–Crippen MR) is 74.0 cm³/mol. The number of sulfonamides is 1. The van der Waals surface area contributed by atoms with Gasteiger partial charge in [0, 0.05) is 13.0 Å². The molecule has 0 spiro atoms. The number of aromatic nitrogens is 3. The lowest BCUT2D eigenvalue weighted by atomic mass is 9.90. The largest absolute Gasteiger partial charge is 0.300 e. The van der Waals surface area contributed by atoms with Crippen molar-refractivity contribution in [2.24, 2.45) is 16.5 Å². The molecule has 110 valence electrons. The summed E-state index contributed by atoms with van der Waals surface area (Å²) in [6.07, 6.45) is 1.60. The number of aryl methyl sites for hydroxylation is 1. The highest BCUT2D eigenvalue weighted by Crippen LogP contribution is 2.22. The van der Waals surface area contributed by atoms with Gasteiger partial charge in [-0.2, -0.15) is 0 Å². The fraction of sp³-hybridized carbons (Fsp3) is 0.833. The first-order valence-electron chi connectivity index (χ1n) is 6.45. The van der Waals surface area contributed by atoms with E-state index in [9.17, 15) is 8.42 Å². The van der Waals surface area contributed by atoms with Crippen LogP contribution >= 0.6 is 0 Å². The van der Waals surface area contributed by atoms with Crippen LogP contribution in [0.3, 0.4) is 0 Å². The van der Waals surface area contributed by atoms with Crippen molar-refractivity contribution in [2.75, 3.05) is 0 Å². The van der Waals surface area contributed by atoms with Gasteiger partial charge in [-0.1, -0.05) is 34.6 Å². The van der Waals surface area contributed by atoms with Gasteiger partial charge in [0.1, 0.15) is 5.82 Å². The topological polar surface area (TPSA) is 90.9 Å². The summed E-state index contributed by atoms with van der Waals surface area (Å²) in [6.45, 7) is 11.0. The second-order valence-electron chi connectivity index (χ2n) is 6.51. The Morgan fingerprint density at radius 2 is 1.84 bits per heavy atom. The van der Waals surface area contributed by atoms with E-state index in [2.05, 4.69) is 31.0 Å². The van der Waals surface area contributed by atoms with Gasteiger partial charge in [0.25, 0.3) is 15.2 Å². The van der Waals surface area contributed by atoms with Gasteiger partial charge in [0.2, 0.25) is 0 Å². The Kier molecular flexibility index (Phi) is 4.73. The molecule has 0 aromatic carbocycles. The molecule has 1 rings (SSSR count). The summed E-state index contributed by atoms with van der Waals surface area (Å²) in [4.78, 5) is 0. The SMILES string of the molecule is CC(C)Cn1c(CCC(C)(C)C)nnc1S(N)(=O)=O. The van der Waals surface area contributed by atoms with E-state index in [1.165, 1.54) is 0 Å². The lowest BCUT2D eigenvalue weighted by Crippen LogP contribution is -2.21. The van der Waals surface area contributed by atoms with Gasteiger partial charge < -0.3 is 4.57 Å². The zero-order chi connectivity index (χ0) is 14.8. The quantitative estimate of drug-likeness (QED) is 0.890. The van der Waals surface area contributed by atoms with Crippen molar-refractivity contribution < 1.29 is 8.42 Å². The van der Waals surface area contributed by atoms with Crippen molar-refractivity contribution in [3.8, 4) is 0 Å². The van der Waals surface area contributed by atoms with Crippen molar-refractivity contribution in [3.05, 3.63) is 5.82 Å². The Balaban J connectivity index is 3.08. The second-order valence-corrected chi connectivity index (χ2v) is 7.96. The Morgan fingerprint density at radius 1 is 1.26 bits per heavy atom. The number of hydrogen-bond acceptors (Lipinski definition) is 4. The van der Waals surface area contributed by atoms with Gasteiger partial charge in [0.05, 0.1) is 0 Å². The maximum atomic E-state index is 11.5.